The van der Waals surface area contributed by atoms with Gasteiger partial charge in [0.1, 0.15) is 19.0 Å². The van der Waals surface area contributed by atoms with Crippen LogP contribution in [0.5, 0.6) is 17.2 Å². The Kier molecular flexibility index (Phi) is 5.85. The quantitative estimate of drug-likeness (QED) is 0.766. The van der Waals surface area contributed by atoms with E-state index in [0.29, 0.717) is 13.2 Å². The predicted molar refractivity (Wildman–Crippen MR) is 124 cm³/mol. The topological polar surface area (TPSA) is 60.0 Å². The van der Waals surface area contributed by atoms with Crippen molar-refractivity contribution in [3.8, 4) is 17.2 Å². The van der Waals surface area contributed by atoms with E-state index in [2.05, 4.69) is 28.4 Å². The number of piperidine rings is 1. The molecule has 6 nitrogen and oxygen atoms in total. The van der Waals surface area contributed by atoms with Gasteiger partial charge >= 0.3 is 0 Å². The molecule has 0 spiro atoms. The lowest BCUT2D eigenvalue weighted by atomic mass is 9.77. The van der Waals surface area contributed by atoms with Crippen molar-refractivity contribution in [2.24, 2.45) is 0 Å². The fourth-order valence-corrected chi connectivity index (χ4v) is 5.37. The van der Waals surface area contributed by atoms with E-state index in [1.54, 1.807) is 7.11 Å². The summed E-state index contributed by atoms with van der Waals surface area (Å²) in [6, 6.07) is 14.5. The average Bonchev–Trinajstić information content (AvgIpc) is 3.36. The molecule has 1 aliphatic carbocycles. The molecule has 0 radical (unpaired) electrons. The number of amides is 1. The van der Waals surface area contributed by atoms with Crippen LogP contribution < -0.4 is 24.4 Å². The molecule has 1 N–H and O–H groups in total. The van der Waals surface area contributed by atoms with Gasteiger partial charge in [-0.25, -0.2) is 0 Å². The number of fused-ring (bicyclic) bond motifs is 1. The van der Waals surface area contributed by atoms with Crippen molar-refractivity contribution in [2.45, 2.75) is 50.0 Å². The Labute approximate surface area is 189 Å². The lowest BCUT2D eigenvalue weighted by Gasteiger charge is -2.36. The molecule has 1 amide bonds. The Morgan fingerprint density at radius 3 is 2.38 bits per heavy atom. The number of hydrogen-bond acceptors (Lipinski definition) is 5. The summed E-state index contributed by atoms with van der Waals surface area (Å²) in [5, 5.41) is 3.41. The smallest absolute Gasteiger partial charge is 0.230 e. The summed E-state index contributed by atoms with van der Waals surface area (Å²) < 4.78 is 16.7. The molecule has 1 saturated carbocycles. The monoisotopic (exact) mass is 436 g/mol. The van der Waals surface area contributed by atoms with Crippen LogP contribution in [0.3, 0.4) is 0 Å². The summed E-state index contributed by atoms with van der Waals surface area (Å²) in [4.78, 5) is 16.0. The Bertz CT molecular complexity index is 945. The fourth-order valence-electron chi connectivity index (χ4n) is 5.37. The molecule has 2 heterocycles. The highest BCUT2D eigenvalue weighted by atomic mass is 16.6. The first-order valence-corrected chi connectivity index (χ1v) is 11.8. The van der Waals surface area contributed by atoms with Crippen molar-refractivity contribution < 1.29 is 19.0 Å². The van der Waals surface area contributed by atoms with Gasteiger partial charge in [0.2, 0.25) is 5.91 Å². The van der Waals surface area contributed by atoms with Crippen LogP contribution in [0.25, 0.3) is 0 Å². The molecule has 2 aliphatic heterocycles. The van der Waals surface area contributed by atoms with E-state index in [1.165, 1.54) is 5.69 Å². The number of anilines is 1. The lowest BCUT2D eigenvalue weighted by molar-refractivity contribution is -0.127. The first kappa shape index (κ1) is 21.0. The van der Waals surface area contributed by atoms with Crippen LogP contribution in [0, 0.1) is 0 Å². The van der Waals surface area contributed by atoms with Crippen molar-refractivity contribution in [3.05, 3.63) is 48.0 Å². The maximum Gasteiger partial charge on any atom is 0.230 e. The van der Waals surface area contributed by atoms with Gasteiger partial charge in [-0.05, 0) is 67.6 Å². The van der Waals surface area contributed by atoms with Crippen molar-refractivity contribution >= 4 is 11.6 Å². The number of benzene rings is 2. The summed E-state index contributed by atoms with van der Waals surface area (Å²) in [5.74, 6) is 2.59. The third kappa shape index (κ3) is 3.98. The highest BCUT2D eigenvalue weighted by molar-refractivity contribution is 5.89. The molecule has 2 aromatic carbocycles. The van der Waals surface area contributed by atoms with Crippen molar-refractivity contribution in [3.63, 3.8) is 0 Å². The van der Waals surface area contributed by atoms with Crippen LogP contribution in [-0.2, 0) is 10.2 Å². The van der Waals surface area contributed by atoms with Crippen LogP contribution in [0.1, 0.15) is 44.1 Å². The molecule has 0 aromatic heterocycles. The minimum atomic E-state index is -0.455. The zero-order chi connectivity index (χ0) is 22.0. The van der Waals surface area contributed by atoms with Gasteiger partial charge in [-0.15, -0.1) is 0 Å². The number of methoxy groups -OCH3 is 1. The van der Waals surface area contributed by atoms with Crippen molar-refractivity contribution in [1.29, 1.82) is 0 Å². The van der Waals surface area contributed by atoms with E-state index in [1.807, 2.05) is 24.3 Å². The number of carbonyl (C=O) groups excluding carboxylic acids is 1. The minimum Gasteiger partial charge on any atom is -0.497 e. The van der Waals surface area contributed by atoms with Crippen molar-refractivity contribution in [2.75, 3.05) is 38.3 Å². The Balaban J connectivity index is 1.25. The average molecular weight is 437 g/mol. The summed E-state index contributed by atoms with van der Waals surface area (Å²) in [6.07, 6.45) is 5.85. The normalized spacial score (nSPS) is 20.1. The largest absolute Gasteiger partial charge is 0.497 e. The maximum atomic E-state index is 13.6. The molecule has 0 unspecified atom stereocenters. The number of carbonyl (C=O) groups is 1. The van der Waals surface area contributed by atoms with E-state index >= 15 is 0 Å². The summed E-state index contributed by atoms with van der Waals surface area (Å²) in [5.41, 5.74) is 1.81. The molecular weight excluding hydrogens is 404 g/mol. The van der Waals surface area contributed by atoms with Gasteiger partial charge < -0.3 is 24.4 Å². The van der Waals surface area contributed by atoms with Crippen molar-refractivity contribution in [1.82, 2.24) is 5.32 Å². The van der Waals surface area contributed by atoms with Crippen LogP contribution in [-0.4, -0.2) is 45.4 Å². The van der Waals surface area contributed by atoms with Crippen LogP contribution >= 0.6 is 0 Å². The molecule has 3 aliphatic rings. The minimum absolute atomic E-state index is 0.176. The molecule has 2 aromatic rings. The molecule has 0 bridgehead atoms. The Hall–Kier alpha value is -2.89. The van der Waals surface area contributed by atoms with Gasteiger partial charge in [0, 0.05) is 24.8 Å². The Morgan fingerprint density at radius 2 is 1.69 bits per heavy atom. The molecule has 2 fully saturated rings. The summed E-state index contributed by atoms with van der Waals surface area (Å²) in [6.45, 7) is 3.01. The molecule has 1 saturated heterocycles. The third-order valence-electron chi connectivity index (χ3n) is 7.25. The number of nitrogens with zero attached hydrogens (tertiary/aromatic N) is 1. The van der Waals surface area contributed by atoms with Gasteiger partial charge in [0.15, 0.2) is 11.5 Å². The molecular formula is C26H32N2O4. The Morgan fingerprint density at radius 1 is 1.00 bits per heavy atom. The van der Waals surface area contributed by atoms with E-state index < -0.39 is 5.41 Å². The van der Waals surface area contributed by atoms with Gasteiger partial charge in [-0.2, -0.15) is 0 Å². The number of ether oxygens (including phenoxy) is 3. The predicted octanol–water partition coefficient (Wildman–Crippen LogP) is 4.06. The van der Waals surface area contributed by atoms with Gasteiger partial charge in [0.25, 0.3) is 0 Å². The second-order valence-corrected chi connectivity index (χ2v) is 9.08. The van der Waals surface area contributed by atoms with E-state index in [4.69, 9.17) is 14.2 Å². The molecule has 170 valence electrons. The lowest BCUT2D eigenvalue weighted by Crippen LogP contribution is -2.50. The van der Waals surface area contributed by atoms with E-state index in [0.717, 1.165) is 74.4 Å². The first-order chi connectivity index (χ1) is 15.7. The standard InChI is InChI=1S/C26H32N2O4/c1-30-22-7-5-21(6-8-22)28-14-10-20(11-15-28)27-25(29)26(12-2-3-13-26)19-4-9-23-24(18-19)32-17-16-31-23/h4-9,18,20H,2-3,10-17H2,1H3,(H,27,29). The van der Waals surface area contributed by atoms with Gasteiger partial charge in [-0.3, -0.25) is 4.79 Å². The summed E-state index contributed by atoms with van der Waals surface area (Å²) >= 11 is 0. The third-order valence-corrected chi connectivity index (χ3v) is 7.25. The zero-order valence-corrected chi connectivity index (χ0v) is 18.8. The highest BCUT2D eigenvalue weighted by Gasteiger charge is 2.44. The molecule has 6 heteroatoms. The van der Waals surface area contributed by atoms with Crippen LogP contribution in [0.4, 0.5) is 5.69 Å². The van der Waals surface area contributed by atoms with Gasteiger partial charge in [0.05, 0.1) is 12.5 Å². The van der Waals surface area contributed by atoms with Crippen LogP contribution in [0.2, 0.25) is 0 Å². The SMILES string of the molecule is COc1ccc(N2CCC(NC(=O)C3(c4ccc5c(c4)OCCO5)CCCC3)CC2)cc1. The number of nitrogens with one attached hydrogen (secondary N) is 1. The molecule has 32 heavy (non-hydrogen) atoms. The second kappa shape index (κ2) is 8.93. The van der Waals surface area contributed by atoms with Crippen LogP contribution in [0.15, 0.2) is 42.5 Å². The van der Waals surface area contributed by atoms with Gasteiger partial charge in [-0.1, -0.05) is 18.9 Å². The highest BCUT2D eigenvalue weighted by Crippen LogP contribution is 2.44. The zero-order valence-electron chi connectivity index (χ0n) is 18.8. The second-order valence-electron chi connectivity index (χ2n) is 9.08. The first-order valence-electron chi connectivity index (χ1n) is 11.8. The number of rotatable bonds is 5. The molecule has 0 atom stereocenters. The van der Waals surface area contributed by atoms with E-state index in [9.17, 15) is 4.79 Å². The fraction of sp³-hybridized carbons (Fsp3) is 0.500. The maximum absolute atomic E-state index is 13.6. The molecule has 5 rings (SSSR count). The van der Waals surface area contributed by atoms with E-state index in [-0.39, 0.29) is 11.9 Å². The summed E-state index contributed by atoms with van der Waals surface area (Å²) in [7, 11) is 1.69. The number of hydrogen-bond donors (Lipinski definition) is 1.